The molecule has 0 amide bonds. The molecule has 94 valence electrons. The lowest BCUT2D eigenvalue weighted by Crippen LogP contribution is -2.18. The van der Waals surface area contributed by atoms with Crippen molar-refractivity contribution in [2.75, 3.05) is 11.9 Å². The Morgan fingerprint density at radius 2 is 2.06 bits per heavy atom. The molecule has 0 saturated carbocycles. The van der Waals surface area contributed by atoms with Crippen LogP contribution in [0.2, 0.25) is 0 Å². The molecule has 0 aliphatic heterocycles. The van der Waals surface area contributed by atoms with Crippen LogP contribution in [0.4, 0.5) is 14.6 Å². The number of anilines is 1. The van der Waals surface area contributed by atoms with E-state index in [-0.39, 0.29) is 0 Å². The maximum atomic E-state index is 13.3. The van der Waals surface area contributed by atoms with Crippen LogP contribution in [-0.2, 0) is 6.54 Å². The molecule has 0 N–H and O–H groups in total. The van der Waals surface area contributed by atoms with Crippen molar-refractivity contribution in [3.63, 3.8) is 0 Å². The van der Waals surface area contributed by atoms with Gasteiger partial charge in [-0.15, -0.1) is 0 Å². The zero-order valence-corrected chi connectivity index (χ0v) is 11.2. The summed E-state index contributed by atoms with van der Waals surface area (Å²) in [6, 6.07) is 4.65. The lowest BCUT2D eigenvalue weighted by Gasteiger charge is -2.18. The molecule has 0 aliphatic carbocycles. The summed E-state index contributed by atoms with van der Waals surface area (Å²) in [6.07, 6.45) is 2.70. The van der Waals surface area contributed by atoms with Crippen molar-refractivity contribution < 1.29 is 8.78 Å². The van der Waals surface area contributed by atoms with Crippen molar-refractivity contribution in [1.29, 1.82) is 0 Å². The van der Waals surface area contributed by atoms with E-state index in [1.54, 1.807) is 30.3 Å². The molecule has 18 heavy (non-hydrogen) atoms. The van der Waals surface area contributed by atoms with Gasteiger partial charge in [-0.3, -0.25) is 4.98 Å². The Hall–Kier alpha value is -1.56. The zero-order valence-electron chi connectivity index (χ0n) is 9.57. The minimum atomic E-state index is -0.572. The summed E-state index contributed by atoms with van der Waals surface area (Å²) in [5.41, 5.74) is 0.697. The number of hydrogen-bond acceptors (Lipinski definition) is 3. The minimum absolute atomic E-state index is 0.312. The predicted octanol–water partition coefficient (Wildman–Crippen LogP) is 3.15. The Morgan fingerprint density at radius 1 is 1.28 bits per heavy atom. The Morgan fingerprint density at radius 3 is 2.72 bits per heavy atom. The molecular weight excluding hydrogens is 304 g/mol. The molecule has 0 aliphatic rings. The molecule has 3 nitrogen and oxygen atoms in total. The van der Waals surface area contributed by atoms with E-state index in [1.807, 2.05) is 0 Å². The van der Waals surface area contributed by atoms with Gasteiger partial charge in [0.2, 0.25) is 5.95 Å². The third-order valence-electron chi connectivity index (χ3n) is 2.36. The molecular formula is C12H10BrF2N3. The Kier molecular flexibility index (Phi) is 3.86. The second-order valence-electron chi connectivity index (χ2n) is 3.81. The lowest BCUT2D eigenvalue weighted by atomic mass is 10.2. The summed E-state index contributed by atoms with van der Waals surface area (Å²) < 4.78 is 26.6. The summed E-state index contributed by atoms with van der Waals surface area (Å²) in [4.78, 5) is 9.26. The summed E-state index contributed by atoms with van der Waals surface area (Å²) in [5, 5.41) is 0. The summed E-state index contributed by atoms with van der Waals surface area (Å²) in [5.74, 6) is -0.493. The first-order valence-corrected chi connectivity index (χ1v) is 5.98. The maximum absolute atomic E-state index is 13.3. The van der Waals surface area contributed by atoms with Gasteiger partial charge in [0.25, 0.3) is 0 Å². The van der Waals surface area contributed by atoms with Gasteiger partial charge < -0.3 is 4.90 Å². The normalized spacial score (nSPS) is 10.4. The van der Waals surface area contributed by atoms with E-state index in [2.05, 4.69) is 25.9 Å². The fourth-order valence-electron chi connectivity index (χ4n) is 1.52. The Balaban J connectivity index is 2.16. The van der Waals surface area contributed by atoms with E-state index < -0.39 is 11.8 Å². The highest BCUT2D eigenvalue weighted by Crippen LogP contribution is 2.19. The second-order valence-corrected chi connectivity index (χ2v) is 4.66. The van der Waals surface area contributed by atoms with Crippen LogP contribution in [0, 0.1) is 11.8 Å². The van der Waals surface area contributed by atoms with Gasteiger partial charge in [-0.05, 0) is 39.7 Å². The quantitative estimate of drug-likeness (QED) is 0.815. The number of rotatable bonds is 3. The van der Waals surface area contributed by atoms with Crippen LogP contribution in [-0.4, -0.2) is 17.0 Å². The second kappa shape index (κ2) is 5.39. The topological polar surface area (TPSA) is 29.0 Å². The van der Waals surface area contributed by atoms with Crippen molar-refractivity contribution in [1.82, 2.24) is 9.97 Å². The molecule has 6 heteroatoms. The number of hydrogen-bond donors (Lipinski definition) is 0. The van der Waals surface area contributed by atoms with E-state index in [0.717, 1.165) is 6.20 Å². The van der Waals surface area contributed by atoms with Crippen molar-refractivity contribution in [2.45, 2.75) is 6.54 Å². The first kappa shape index (κ1) is 12.9. The molecule has 0 fully saturated rings. The molecule has 0 aromatic carbocycles. The van der Waals surface area contributed by atoms with Crippen molar-refractivity contribution in [2.24, 2.45) is 0 Å². The molecule has 0 spiro atoms. The van der Waals surface area contributed by atoms with Crippen LogP contribution < -0.4 is 4.90 Å². The first-order chi connectivity index (χ1) is 8.56. The lowest BCUT2D eigenvalue weighted by molar-refractivity contribution is 0.575. The van der Waals surface area contributed by atoms with Crippen LogP contribution in [0.5, 0.6) is 0 Å². The highest BCUT2D eigenvalue weighted by Gasteiger charge is 2.08. The van der Waals surface area contributed by atoms with Crippen LogP contribution in [0.25, 0.3) is 0 Å². The monoisotopic (exact) mass is 313 g/mol. The van der Waals surface area contributed by atoms with E-state index in [4.69, 9.17) is 0 Å². The van der Waals surface area contributed by atoms with Crippen LogP contribution >= 0.6 is 15.9 Å². The molecule has 2 aromatic heterocycles. The van der Waals surface area contributed by atoms with E-state index in [1.165, 1.54) is 6.07 Å². The minimum Gasteiger partial charge on any atom is -0.355 e. The fraction of sp³-hybridized carbons (Fsp3) is 0.167. The van der Waals surface area contributed by atoms with Crippen molar-refractivity contribution in [3.8, 4) is 0 Å². The summed E-state index contributed by atoms with van der Waals surface area (Å²) in [7, 11) is 1.75. The first-order valence-electron chi connectivity index (χ1n) is 5.19. The van der Waals surface area contributed by atoms with Gasteiger partial charge in [0.05, 0.1) is 10.7 Å². The van der Waals surface area contributed by atoms with Gasteiger partial charge in [-0.2, -0.15) is 4.39 Å². The van der Waals surface area contributed by atoms with Crippen LogP contribution in [0.15, 0.2) is 35.1 Å². The number of pyridine rings is 2. The van der Waals surface area contributed by atoms with Gasteiger partial charge in [-0.25, -0.2) is 9.37 Å². The fourth-order valence-corrected chi connectivity index (χ4v) is 1.74. The Bertz CT molecular complexity index is 563. The Labute approximate surface area is 112 Å². The number of halogens is 3. The van der Waals surface area contributed by atoms with Gasteiger partial charge in [0.15, 0.2) is 0 Å². The summed E-state index contributed by atoms with van der Waals surface area (Å²) in [6.45, 7) is 0.402. The van der Waals surface area contributed by atoms with Gasteiger partial charge in [-0.1, -0.05) is 0 Å². The molecule has 2 rings (SSSR count). The number of nitrogens with zero attached hydrogens (tertiary/aromatic N) is 3. The molecule has 0 saturated heterocycles. The average Bonchev–Trinajstić information content (AvgIpc) is 2.32. The molecule has 0 atom stereocenters. The highest BCUT2D eigenvalue weighted by atomic mass is 79.9. The van der Waals surface area contributed by atoms with E-state index >= 15 is 0 Å². The van der Waals surface area contributed by atoms with Crippen molar-refractivity contribution in [3.05, 3.63) is 52.4 Å². The maximum Gasteiger partial charge on any atom is 0.229 e. The molecule has 0 bridgehead atoms. The van der Waals surface area contributed by atoms with E-state index in [9.17, 15) is 8.78 Å². The van der Waals surface area contributed by atoms with Gasteiger partial charge in [0, 0.05) is 19.8 Å². The largest absolute Gasteiger partial charge is 0.355 e. The molecule has 2 aromatic rings. The average molecular weight is 314 g/mol. The van der Waals surface area contributed by atoms with Gasteiger partial charge in [0.1, 0.15) is 11.6 Å². The molecule has 0 radical (unpaired) electrons. The SMILES string of the molecule is CN(Cc1cncc(F)c1)c1ccc(Br)c(F)n1. The third kappa shape index (κ3) is 3.01. The smallest absolute Gasteiger partial charge is 0.229 e. The zero-order chi connectivity index (χ0) is 13.1. The van der Waals surface area contributed by atoms with Crippen LogP contribution in [0.1, 0.15) is 5.56 Å². The summed E-state index contributed by atoms with van der Waals surface area (Å²) >= 11 is 3.04. The highest BCUT2D eigenvalue weighted by molar-refractivity contribution is 9.10. The van der Waals surface area contributed by atoms with Gasteiger partial charge >= 0.3 is 0 Å². The standard InChI is InChI=1S/C12H10BrF2N3/c1-18(7-8-4-9(14)6-16-5-8)11-3-2-10(13)12(15)17-11/h2-6H,7H2,1H3. The predicted molar refractivity (Wildman–Crippen MR) is 68.2 cm³/mol. The third-order valence-corrected chi connectivity index (χ3v) is 2.95. The molecule has 2 heterocycles. The molecule has 0 unspecified atom stereocenters. The van der Waals surface area contributed by atoms with Crippen LogP contribution in [0.3, 0.4) is 0 Å². The number of aromatic nitrogens is 2. The van der Waals surface area contributed by atoms with E-state index in [0.29, 0.717) is 22.4 Å². The van der Waals surface area contributed by atoms with Crippen molar-refractivity contribution >= 4 is 21.7 Å².